The first-order chi connectivity index (χ1) is 11.3. The second-order valence-corrected chi connectivity index (χ2v) is 6.65. The maximum absolute atomic E-state index is 6.18. The van der Waals surface area contributed by atoms with Crippen LogP contribution in [0.25, 0.3) is 0 Å². The van der Waals surface area contributed by atoms with Gasteiger partial charge in [0.25, 0.3) is 0 Å². The van der Waals surface area contributed by atoms with Gasteiger partial charge in [-0.05, 0) is 43.5 Å². The summed E-state index contributed by atoms with van der Waals surface area (Å²) in [5, 5.41) is 0. The predicted octanol–water partition coefficient (Wildman–Crippen LogP) is 4.52. The zero-order valence-electron chi connectivity index (χ0n) is 15.0. The zero-order valence-corrected chi connectivity index (χ0v) is 15.0. The fourth-order valence-electron chi connectivity index (χ4n) is 3.75. The molecule has 1 atom stereocenters. The summed E-state index contributed by atoms with van der Waals surface area (Å²) < 4.78 is 5.88. The van der Waals surface area contributed by atoms with E-state index in [4.69, 9.17) is 10.5 Å². The number of hydrogen-bond donors (Lipinski definition) is 1. The first-order valence-electron chi connectivity index (χ1n) is 9.48. The lowest BCUT2D eigenvalue weighted by molar-refractivity contribution is 0.113. The Morgan fingerprint density at radius 3 is 2.65 bits per heavy atom. The topological polar surface area (TPSA) is 38.5 Å². The molecule has 1 fully saturated rings. The third-order valence-corrected chi connectivity index (χ3v) is 5.04. The standard InChI is InChI=1S/C20H34N2O/c1-3-5-14-23-19-13-9-10-17(15-19)20(16-21)22(4-2)18-11-7-6-8-12-18/h9-10,13,15,18,20H,3-8,11-12,14,16,21H2,1-2H3. The number of nitrogens with two attached hydrogens (primary N) is 1. The summed E-state index contributed by atoms with van der Waals surface area (Å²) >= 11 is 0. The molecule has 0 amide bonds. The normalized spacial score (nSPS) is 17.4. The van der Waals surface area contributed by atoms with Crippen molar-refractivity contribution in [1.29, 1.82) is 0 Å². The van der Waals surface area contributed by atoms with Crippen molar-refractivity contribution in [3.63, 3.8) is 0 Å². The molecule has 1 aromatic rings. The van der Waals surface area contributed by atoms with Gasteiger partial charge in [0.05, 0.1) is 6.61 Å². The lowest BCUT2D eigenvalue weighted by Gasteiger charge is -2.39. The van der Waals surface area contributed by atoms with E-state index in [0.717, 1.165) is 31.7 Å². The molecule has 1 aliphatic rings. The number of ether oxygens (including phenoxy) is 1. The van der Waals surface area contributed by atoms with Crippen LogP contribution in [0.2, 0.25) is 0 Å². The van der Waals surface area contributed by atoms with E-state index in [9.17, 15) is 0 Å². The molecule has 130 valence electrons. The first-order valence-corrected chi connectivity index (χ1v) is 9.48. The average molecular weight is 319 g/mol. The summed E-state index contributed by atoms with van der Waals surface area (Å²) in [7, 11) is 0. The summed E-state index contributed by atoms with van der Waals surface area (Å²) in [6.07, 6.45) is 9.01. The van der Waals surface area contributed by atoms with E-state index in [1.54, 1.807) is 0 Å². The van der Waals surface area contributed by atoms with Crippen LogP contribution in [0.15, 0.2) is 24.3 Å². The quantitative estimate of drug-likeness (QED) is 0.680. The highest BCUT2D eigenvalue weighted by Crippen LogP contribution is 2.31. The third-order valence-electron chi connectivity index (χ3n) is 5.04. The SMILES string of the molecule is CCCCOc1cccc(C(CN)N(CC)C2CCCCC2)c1. The van der Waals surface area contributed by atoms with Crippen LogP contribution in [0.1, 0.15) is 70.4 Å². The van der Waals surface area contributed by atoms with E-state index in [1.807, 2.05) is 0 Å². The van der Waals surface area contributed by atoms with Crippen molar-refractivity contribution < 1.29 is 4.74 Å². The summed E-state index contributed by atoms with van der Waals surface area (Å²) in [5.41, 5.74) is 7.48. The Labute approximate surface area is 142 Å². The third kappa shape index (κ3) is 5.22. The molecule has 0 saturated heterocycles. The van der Waals surface area contributed by atoms with Crippen LogP contribution in [0.3, 0.4) is 0 Å². The number of unbranched alkanes of at least 4 members (excludes halogenated alkanes) is 1. The van der Waals surface area contributed by atoms with Gasteiger partial charge in [-0.3, -0.25) is 4.90 Å². The second-order valence-electron chi connectivity index (χ2n) is 6.65. The molecule has 1 aromatic carbocycles. The van der Waals surface area contributed by atoms with E-state index in [-0.39, 0.29) is 0 Å². The lowest BCUT2D eigenvalue weighted by atomic mass is 9.92. The Bertz CT molecular complexity index is 443. The largest absolute Gasteiger partial charge is 0.494 e. The molecule has 23 heavy (non-hydrogen) atoms. The molecule has 1 unspecified atom stereocenters. The van der Waals surface area contributed by atoms with Crippen LogP contribution < -0.4 is 10.5 Å². The van der Waals surface area contributed by atoms with Gasteiger partial charge in [0.1, 0.15) is 5.75 Å². The number of nitrogens with zero attached hydrogens (tertiary/aromatic N) is 1. The lowest BCUT2D eigenvalue weighted by Crippen LogP contribution is -2.42. The highest BCUT2D eigenvalue weighted by Gasteiger charge is 2.26. The zero-order chi connectivity index (χ0) is 16.5. The van der Waals surface area contributed by atoms with Gasteiger partial charge in [0.15, 0.2) is 0 Å². The van der Waals surface area contributed by atoms with Gasteiger partial charge < -0.3 is 10.5 Å². The smallest absolute Gasteiger partial charge is 0.119 e. The molecule has 0 aliphatic heterocycles. The van der Waals surface area contributed by atoms with Gasteiger partial charge in [-0.25, -0.2) is 0 Å². The fraction of sp³-hybridized carbons (Fsp3) is 0.700. The predicted molar refractivity (Wildman–Crippen MR) is 97.9 cm³/mol. The number of likely N-dealkylation sites (N-methyl/N-ethyl adjacent to an activating group) is 1. The molecule has 3 heteroatoms. The van der Waals surface area contributed by atoms with E-state index in [0.29, 0.717) is 18.6 Å². The number of rotatable bonds is 9. The molecule has 2 rings (SSSR count). The average Bonchev–Trinajstić information content (AvgIpc) is 2.61. The van der Waals surface area contributed by atoms with Gasteiger partial charge >= 0.3 is 0 Å². The van der Waals surface area contributed by atoms with Gasteiger partial charge in [0, 0.05) is 18.6 Å². The minimum Gasteiger partial charge on any atom is -0.494 e. The van der Waals surface area contributed by atoms with Crippen LogP contribution in [0.5, 0.6) is 5.75 Å². The van der Waals surface area contributed by atoms with E-state index < -0.39 is 0 Å². The highest BCUT2D eigenvalue weighted by atomic mass is 16.5. The van der Waals surface area contributed by atoms with Gasteiger partial charge in [-0.1, -0.05) is 51.7 Å². The second kappa shape index (κ2) is 9.94. The molecule has 0 spiro atoms. The molecule has 1 saturated carbocycles. The summed E-state index contributed by atoms with van der Waals surface area (Å²) in [6, 6.07) is 9.55. The summed E-state index contributed by atoms with van der Waals surface area (Å²) in [6.45, 7) is 6.98. The summed E-state index contributed by atoms with van der Waals surface area (Å²) in [4.78, 5) is 2.62. The Morgan fingerprint density at radius 1 is 1.22 bits per heavy atom. The Hall–Kier alpha value is -1.06. The van der Waals surface area contributed by atoms with Crippen LogP contribution in [0.4, 0.5) is 0 Å². The Morgan fingerprint density at radius 2 is 2.00 bits per heavy atom. The van der Waals surface area contributed by atoms with Crippen LogP contribution in [-0.2, 0) is 0 Å². The number of hydrogen-bond acceptors (Lipinski definition) is 3. The van der Waals surface area contributed by atoms with E-state index in [2.05, 4.69) is 43.0 Å². The molecule has 3 nitrogen and oxygen atoms in total. The molecule has 0 heterocycles. The molecular formula is C20H34N2O. The van der Waals surface area contributed by atoms with Gasteiger partial charge in [0.2, 0.25) is 0 Å². The van der Waals surface area contributed by atoms with E-state index in [1.165, 1.54) is 37.7 Å². The van der Waals surface area contributed by atoms with Crippen LogP contribution in [0, 0.1) is 0 Å². The van der Waals surface area contributed by atoms with Crippen molar-refractivity contribution in [2.75, 3.05) is 19.7 Å². The Balaban J connectivity index is 2.09. The maximum Gasteiger partial charge on any atom is 0.119 e. The van der Waals surface area contributed by atoms with Gasteiger partial charge in [-0.2, -0.15) is 0 Å². The molecule has 1 aliphatic carbocycles. The van der Waals surface area contributed by atoms with Crippen molar-refractivity contribution >= 4 is 0 Å². The number of benzene rings is 1. The fourth-order valence-corrected chi connectivity index (χ4v) is 3.75. The molecule has 2 N–H and O–H groups in total. The first kappa shape index (κ1) is 18.3. The van der Waals surface area contributed by atoms with Crippen LogP contribution >= 0.6 is 0 Å². The van der Waals surface area contributed by atoms with Crippen molar-refractivity contribution in [1.82, 2.24) is 4.90 Å². The van der Waals surface area contributed by atoms with Crippen molar-refractivity contribution in [3.8, 4) is 5.75 Å². The van der Waals surface area contributed by atoms with Crippen molar-refractivity contribution in [2.24, 2.45) is 5.73 Å². The minimum absolute atomic E-state index is 0.304. The highest BCUT2D eigenvalue weighted by molar-refractivity contribution is 5.31. The molecule has 0 aromatic heterocycles. The maximum atomic E-state index is 6.18. The monoisotopic (exact) mass is 318 g/mol. The molecule has 0 bridgehead atoms. The molecular weight excluding hydrogens is 284 g/mol. The van der Waals surface area contributed by atoms with Crippen LogP contribution in [-0.4, -0.2) is 30.6 Å². The Kier molecular flexibility index (Phi) is 7.90. The summed E-state index contributed by atoms with van der Waals surface area (Å²) in [5.74, 6) is 0.981. The van der Waals surface area contributed by atoms with Crippen molar-refractivity contribution in [3.05, 3.63) is 29.8 Å². The molecule has 0 radical (unpaired) electrons. The van der Waals surface area contributed by atoms with Crippen molar-refractivity contribution in [2.45, 2.75) is 70.9 Å². The van der Waals surface area contributed by atoms with E-state index >= 15 is 0 Å². The van der Waals surface area contributed by atoms with Gasteiger partial charge in [-0.15, -0.1) is 0 Å². The minimum atomic E-state index is 0.304.